The van der Waals surface area contributed by atoms with Gasteiger partial charge in [-0.25, -0.2) is 4.79 Å². The third kappa shape index (κ3) is 3.13. The third-order valence-electron chi connectivity index (χ3n) is 4.32. The van der Waals surface area contributed by atoms with Gasteiger partial charge in [0.05, 0.1) is 6.61 Å². The number of hydrogen-bond acceptors (Lipinski definition) is 6. The number of benzene rings is 1. The van der Waals surface area contributed by atoms with Crippen LogP contribution in [0.15, 0.2) is 18.2 Å². The zero-order valence-electron chi connectivity index (χ0n) is 14.3. The number of fused-ring (bicyclic) bond motifs is 1. The molecule has 3 rings (SSSR count). The zero-order chi connectivity index (χ0) is 19.0. The fraction of sp³-hybridized carbons (Fsp3) is 0.412. The lowest BCUT2D eigenvalue weighted by Crippen LogP contribution is -2.55. The van der Waals surface area contributed by atoms with Crippen LogP contribution in [-0.2, 0) is 30.4 Å². The van der Waals surface area contributed by atoms with Crippen LogP contribution in [0.4, 0.5) is 5.69 Å². The average molecular weight is 362 g/mol. The third-order valence-corrected chi connectivity index (χ3v) is 4.32. The molecule has 0 bridgehead atoms. The molecule has 1 aromatic carbocycles. The maximum Gasteiger partial charge on any atom is 0.348 e. The van der Waals surface area contributed by atoms with Crippen LogP contribution in [0.5, 0.6) is 0 Å². The molecule has 1 fully saturated rings. The minimum Gasteiger partial charge on any atom is -0.478 e. The van der Waals surface area contributed by atoms with Crippen LogP contribution in [0.1, 0.15) is 22.8 Å². The number of esters is 1. The first-order valence-electron chi connectivity index (χ1n) is 8.01. The number of carbonyl (C=O) groups excluding carboxylic acids is 3. The van der Waals surface area contributed by atoms with Crippen LogP contribution in [0.25, 0.3) is 0 Å². The topological polar surface area (TPSA) is 113 Å². The Morgan fingerprint density at radius 1 is 1.35 bits per heavy atom. The van der Waals surface area contributed by atoms with Crippen molar-refractivity contribution in [3.63, 3.8) is 0 Å². The number of ether oxygens (including phenoxy) is 2. The van der Waals surface area contributed by atoms with Gasteiger partial charge in [-0.1, -0.05) is 6.07 Å². The first-order chi connectivity index (χ1) is 12.3. The van der Waals surface area contributed by atoms with Gasteiger partial charge in [-0.15, -0.1) is 0 Å². The van der Waals surface area contributed by atoms with E-state index in [9.17, 15) is 24.3 Å². The highest BCUT2D eigenvalue weighted by Gasteiger charge is 2.42. The number of carboxylic acids is 1. The predicted molar refractivity (Wildman–Crippen MR) is 87.5 cm³/mol. The first-order valence-corrected chi connectivity index (χ1v) is 8.01. The molecule has 0 saturated carbocycles. The van der Waals surface area contributed by atoms with E-state index in [-0.39, 0.29) is 19.1 Å². The number of nitrogens with zero attached hydrogens (tertiary/aromatic N) is 2. The van der Waals surface area contributed by atoms with E-state index in [4.69, 9.17) is 9.47 Å². The van der Waals surface area contributed by atoms with Crippen LogP contribution in [0.2, 0.25) is 0 Å². The number of morpholine rings is 1. The van der Waals surface area contributed by atoms with E-state index < -0.39 is 30.1 Å². The van der Waals surface area contributed by atoms with E-state index >= 15 is 0 Å². The van der Waals surface area contributed by atoms with Gasteiger partial charge in [-0.05, 0) is 17.7 Å². The smallest absolute Gasteiger partial charge is 0.348 e. The van der Waals surface area contributed by atoms with Gasteiger partial charge < -0.3 is 24.4 Å². The molecule has 9 heteroatoms. The number of carbonyl (C=O) groups is 4. The van der Waals surface area contributed by atoms with Crippen molar-refractivity contribution >= 4 is 29.4 Å². The van der Waals surface area contributed by atoms with E-state index in [0.29, 0.717) is 17.8 Å². The molecule has 0 radical (unpaired) electrons. The molecule has 1 unspecified atom stereocenters. The maximum atomic E-state index is 12.8. The van der Waals surface area contributed by atoms with Crippen molar-refractivity contribution in [3.8, 4) is 0 Å². The highest BCUT2D eigenvalue weighted by atomic mass is 16.6. The number of anilines is 1. The Morgan fingerprint density at radius 2 is 2.08 bits per heavy atom. The summed E-state index contributed by atoms with van der Waals surface area (Å²) in [5.74, 6) is -3.06. The molecular formula is C17H18N2O7. The first kappa shape index (κ1) is 17.9. The van der Waals surface area contributed by atoms with Crippen molar-refractivity contribution < 1.29 is 33.8 Å². The van der Waals surface area contributed by atoms with Crippen molar-refractivity contribution in [3.05, 3.63) is 29.3 Å². The maximum absolute atomic E-state index is 12.8. The summed E-state index contributed by atoms with van der Waals surface area (Å²) in [7, 11) is 1.69. The fourth-order valence-electron chi connectivity index (χ4n) is 3.10. The lowest BCUT2D eigenvalue weighted by molar-refractivity contribution is -0.177. The summed E-state index contributed by atoms with van der Waals surface area (Å²) in [5, 5.41) is 9.26. The Balaban J connectivity index is 1.88. The van der Waals surface area contributed by atoms with E-state index in [0.717, 1.165) is 12.5 Å². The largest absolute Gasteiger partial charge is 0.478 e. The normalized spacial score (nSPS) is 20.8. The monoisotopic (exact) mass is 362 g/mol. The molecule has 26 heavy (non-hydrogen) atoms. The molecule has 0 aromatic heterocycles. The highest BCUT2D eigenvalue weighted by molar-refractivity contribution is 6.03. The van der Waals surface area contributed by atoms with Gasteiger partial charge in [0.2, 0.25) is 6.10 Å². The van der Waals surface area contributed by atoms with Crippen LogP contribution in [0, 0.1) is 0 Å². The molecule has 138 valence electrons. The van der Waals surface area contributed by atoms with Gasteiger partial charge in [0.15, 0.2) is 6.10 Å². The molecule has 2 aliphatic rings. The summed E-state index contributed by atoms with van der Waals surface area (Å²) in [6.45, 7) is 1.84. The number of hydrogen-bond donors (Lipinski definition) is 1. The van der Waals surface area contributed by atoms with E-state index in [1.54, 1.807) is 30.1 Å². The summed E-state index contributed by atoms with van der Waals surface area (Å²) in [6, 6.07) is 5.08. The zero-order valence-corrected chi connectivity index (χ0v) is 14.3. The quantitative estimate of drug-likeness (QED) is 0.751. The van der Waals surface area contributed by atoms with Gasteiger partial charge in [0.1, 0.15) is 0 Å². The number of aliphatic carboxylic acids is 1. The second-order valence-corrected chi connectivity index (χ2v) is 6.15. The minimum atomic E-state index is -1.73. The molecular weight excluding hydrogens is 344 g/mol. The van der Waals surface area contributed by atoms with Crippen molar-refractivity contribution in [1.82, 2.24) is 4.90 Å². The highest BCUT2D eigenvalue weighted by Crippen LogP contribution is 2.28. The number of carboxylic acid groups (broad SMARTS) is 1. The summed E-state index contributed by atoms with van der Waals surface area (Å²) >= 11 is 0. The Kier molecular flexibility index (Phi) is 4.64. The standard InChI is InChI=1S/C17H18N2O7/c1-9(20)26-14(17(23)24)13-16(22)19(5-6-25-13)11-4-3-10-8-18(2)15(21)12(10)7-11/h3-4,7,13-14H,5-6,8H2,1-2H3,(H,23,24)/t13?,14-/m1/s1. The van der Waals surface area contributed by atoms with Crippen LogP contribution >= 0.6 is 0 Å². The molecule has 9 nitrogen and oxygen atoms in total. The van der Waals surface area contributed by atoms with E-state index in [1.807, 2.05) is 0 Å². The molecule has 2 heterocycles. The average Bonchev–Trinajstić information content (AvgIpc) is 2.87. The summed E-state index contributed by atoms with van der Waals surface area (Å²) in [4.78, 5) is 50.3. The lowest BCUT2D eigenvalue weighted by Gasteiger charge is -2.34. The molecule has 1 aromatic rings. The predicted octanol–water partition coefficient (Wildman–Crippen LogP) is 0.0203. The Labute approximate surface area is 149 Å². The van der Waals surface area contributed by atoms with Crippen molar-refractivity contribution in [1.29, 1.82) is 0 Å². The second-order valence-electron chi connectivity index (χ2n) is 6.15. The van der Waals surface area contributed by atoms with Gasteiger partial charge in [-0.2, -0.15) is 0 Å². The van der Waals surface area contributed by atoms with Gasteiger partial charge in [-0.3, -0.25) is 14.4 Å². The van der Waals surface area contributed by atoms with Gasteiger partial charge in [0.25, 0.3) is 11.8 Å². The molecule has 2 amide bonds. The SMILES string of the molecule is CC(=O)O[C@@H](C(=O)O)C1OCCN(c2ccc3c(c2)C(=O)N(C)C3)C1=O. The van der Waals surface area contributed by atoms with Gasteiger partial charge >= 0.3 is 11.9 Å². The molecule has 1 saturated heterocycles. The molecule has 0 aliphatic carbocycles. The molecule has 2 atom stereocenters. The van der Waals surface area contributed by atoms with Crippen LogP contribution < -0.4 is 4.90 Å². The Bertz CT molecular complexity index is 791. The second kappa shape index (κ2) is 6.75. The minimum absolute atomic E-state index is 0.0758. The van der Waals surface area contributed by atoms with Gasteiger partial charge in [0, 0.05) is 38.3 Å². The number of amides is 2. The van der Waals surface area contributed by atoms with Crippen molar-refractivity contribution in [2.75, 3.05) is 25.1 Å². The summed E-state index contributed by atoms with van der Waals surface area (Å²) < 4.78 is 10.0. The Morgan fingerprint density at radius 3 is 2.73 bits per heavy atom. The van der Waals surface area contributed by atoms with E-state index in [1.165, 1.54) is 4.90 Å². The molecule has 0 spiro atoms. The van der Waals surface area contributed by atoms with E-state index in [2.05, 4.69) is 0 Å². The van der Waals surface area contributed by atoms with Crippen LogP contribution in [-0.4, -0.2) is 66.2 Å². The van der Waals surface area contributed by atoms with Crippen molar-refractivity contribution in [2.45, 2.75) is 25.7 Å². The Hall–Kier alpha value is -2.94. The van der Waals surface area contributed by atoms with Crippen LogP contribution in [0.3, 0.4) is 0 Å². The lowest BCUT2D eigenvalue weighted by atomic mass is 10.1. The number of rotatable bonds is 4. The molecule has 2 aliphatic heterocycles. The summed E-state index contributed by atoms with van der Waals surface area (Å²) in [5.41, 5.74) is 1.84. The fourth-order valence-corrected chi connectivity index (χ4v) is 3.10. The van der Waals surface area contributed by atoms with Crippen molar-refractivity contribution in [2.24, 2.45) is 0 Å². The molecule has 1 N–H and O–H groups in total. The summed E-state index contributed by atoms with van der Waals surface area (Å²) in [6.07, 6.45) is -3.18.